The molecule has 1 aliphatic carbocycles. The van der Waals surface area contributed by atoms with Crippen LogP contribution in [-0.4, -0.2) is 19.8 Å². The zero-order valence-electron chi connectivity index (χ0n) is 25.0. The van der Waals surface area contributed by atoms with Crippen molar-refractivity contribution in [2.45, 2.75) is 12.3 Å². The predicted octanol–water partition coefficient (Wildman–Crippen LogP) is 9.98. The molecule has 8 aromatic rings. The Morgan fingerprint density at radius 3 is 1.96 bits per heavy atom. The zero-order valence-corrected chi connectivity index (χ0v) is 25.0. The average molecular weight is 589 g/mol. The molecule has 10 rings (SSSR count). The van der Waals surface area contributed by atoms with Crippen molar-refractivity contribution in [2.24, 2.45) is 4.99 Å². The standard InChI is InChI=1S/C42H28N4/c1-5-13-34-29(11-1)23-36-37-24-30-12-2-6-14-38(30)43-42(37)44-39(36)26-35(34)31-21-32(45-19-17-27-9-3-7-15-40(27)45)25-33(22-31)46-20-18-28-10-4-8-16-41(28)46/h1-22,24-26,36H,23H2. The van der Waals surface area contributed by atoms with Crippen LogP contribution in [0.25, 0.3) is 49.7 Å². The van der Waals surface area contributed by atoms with E-state index in [-0.39, 0.29) is 5.92 Å². The van der Waals surface area contributed by atoms with E-state index >= 15 is 0 Å². The molecular formula is C42H28N4. The van der Waals surface area contributed by atoms with E-state index < -0.39 is 0 Å². The molecule has 0 fully saturated rings. The van der Waals surface area contributed by atoms with E-state index in [1.165, 1.54) is 44.1 Å². The molecule has 0 saturated heterocycles. The first-order valence-electron chi connectivity index (χ1n) is 15.8. The highest BCUT2D eigenvalue weighted by molar-refractivity contribution is 6.12. The zero-order chi connectivity index (χ0) is 30.2. The van der Waals surface area contributed by atoms with Crippen molar-refractivity contribution in [3.05, 3.63) is 174 Å². The minimum absolute atomic E-state index is 0.162. The minimum atomic E-state index is 0.162. The summed E-state index contributed by atoms with van der Waals surface area (Å²) in [6.45, 7) is 0. The summed E-state index contributed by atoms with van der Waals surface area (Å²) in [4.78, 5) is 10.2. The van der Waals surface area contributed by atoms with Crippen molar-refractivity contribution in [2.75, 3.05) is 0 Å². The van der Waals surface area contributed by atoms with Gasteiger partial charge in [0, 0.05) is 40.6 Å². The SMILES string of the molecule is C1=C(c2cc(-n3ccc4ccccc43)cc(-n3ccc4ccccc43)c2)c2ccccc2CC2C1=Nc1nc3ccccc3cc12. The van der Waals surface area contributed by atoms with Gasteiger partial charge in [-0.2, -0.15) is 0 Å². The molecule has 4 heterocycles. The van der Waals surface area contributed by atoms with Crippen LogP contribution in [0.15, 0.2) is 157 Å². The number of fused-ring (bicyclic) bond motifs is 7. The summed E-state index contributed by atoms with van der Waals surface area (Å²) in [5, 5.41) is 3.61. The van der Waals surface area contributed by atoms with E-state index in [2.05, 4.69) is 155 Å². The highest BCUT2D eigenvalue weighted by Crippen LogP contribution is 2.44. The number of benzene rings is 5. The van der Waals surface area contributed by atoms with Crippen LogP contribution in [0, 0.1) is 0 Å². The summed E-state index contributed by atoms with van der Waals surface area (Å²) < 4.78 is 4.61. The Morgan fingerprint density at radius 2 is 1.22 bits per heavy atom. The number of pyridine rings is 1. The quantitative estimate of drug-likeness (QED) is 0.202. The topological polar surface area (TPSA) is 35.1 Å². The largest absolute Gasteiger partial charge is 0.316 e. The van der Waals surface area contributed by atoms with Gasteiger partial charge in [0.15, 0.2) is 5.82 Å². The summed E-state index contributed by atoms with van der Waals surface area (Å²) >= 11 is 0. The van der Waals surface area contributed by atoms with Crippen LogP contribution in [0.3, 0.4) is 0 Å². The molecule has 46 heavy (non-hydrogen) atoms. The first-order chi connectivity index (χ1) is 22.8. The number of para-hydroxylation sites is 3. The first kappa shape index (κ1) is 25.3. The molecule has 0 saturated carbocycles. The minimum Gasteiger partial charge on any atom is -0.316 e. The van der Waals surface area contributed by atoms with Gasteiger partial charge in [-0.25, -0.2) is 9.98 Å². The van der Waals surface area contributed by atoms with E-state index in [0.29, 0.717) is 0 Å². The van der Waals surface area contributed by atoms with Crippen LogP contribution in [0.5, 0.6) is 0 Å². The van der Waals surface area contributed by atoms with Gasteiger partial charge in [-0.1, -0.05) is 78.9 Å². The second kappa shape index (κ2) is 9.75. The molecule has 2 aliphatic rings. The van der Waals surface area contributed by atoms with Crippen molar-refractivity contribution in [1.29, 1.82) is 0 Å². The third-order valence-electron chi connectivity index (χ3n) is 9.69. The smallest absolute Gasteiger partial charge is 0.156 e. The van der Waals surface area contributed by atoms with Crippen LogP contribution in [0.2, 0.25) is 0 Å². The second-order valence-corrected chi connectivity index (χ2v) is 12.3. The van der Waals surface area contributed by atoms with Crippen molar-refractivity contribution < 1.29 is 0 Å². The summed E-state index contributed by atoms with van der Waals surface area (Å²) in [7, 11) is 0. The number of hydrogen-bond donors (Lipinski definition) is 0. The molecular weight excluding hydrogens is 560 g/mol. The fraction of sp³-hybridized carbons (Fsp3) is 0.0476. The number of aliphatic imine (C=N–C) groups is 1. The number of rotatable bonds is 3. The van der Waals surface area contributed by atoms with Crippen molar-refractivity contribution in [1.82, 2.24) is 14.1 Å². The number of aromatic nitrogens is 3. The van der Waals surface area contributed by atoms with Crippen LogP contribution in [0.1, 0.15) is 28.2 Å². The lowest BCUT2D eigenvalue weighted by atomic mass is 9.89. The summed E-state index contributed by atoms with van der Waals surface area (Å²) in [5.74, 6) is 1.01. The van der Waals surface area contributed by atoms with Gasteiger partial charge >= 0.3 is 0 Å². The lowest BCUT2D eigenvalue weighted by Crippen LogP contribution is -2.08. The molecule has 216 valence electrons. The van der Waals surface area contributed by atoms with E-state index in [0.717, 1.165) is 45.8 Å². The Hall–Kier alpha value is -6.00. The maximum atomic E-state index is 5.19. The highest BCUT2D eigenvalue weighted by Gasteiger charge is 2.32. The monoisotopic (exact) mass is 588 g/mol. The second-order valence-electron chi connectivity index (χ2n) is 12.3. The third kappa shape index (κ3) is 3.87. The van der Waals surface area contributed by atoms with Gasteiger partial charge in [0.2, 0.25) is 0 Å². The van der Waals surface area contributed by atoms with E-state index in [1.807, 2.05) is 6.07 Å². The van der Waals surface area contributed by atoms with Crippen LogP contribution in [-0.2, 0) is 6.42 Å². The van der Waals surface area contributed by atoms with Crippen LogP contribution < -0.4 is 0 Å². The van der Waals surface area contributed by atoms with Gasteiger partial charge in [-0.05, 0) is 100 Å². The van der Waals surface area contributed by atoms with Crippen LogP contribution in [0.4, 0.5) is 5.82 Å². The Bertz CT molecular complexity index is 2480. The Morgan fingerprint density at radius 1 is 0.587 bits per heavy atom. The van der Waals surface area contributed by atoms with Gasteiger partial charge in [0.05, 0.1) is 22.3 Å². The highest BCUT2D eigenvalue weighted by atomic mass is 15.0. The molecule has 5 aromatic carbocycles. The summed E-state index contributed by atoms with van der Waals surface area (Å²) in [5.41, 5.74) is 12.8. The van der Waals surface area contributed by atoms with Gasteiger partial charge in [-0.15, -0.1) is 0 Å². The maximum absolute atomic E-state index is 5.19. The molecule has 0 spiro atoms. The molecule has 1 aliphatic heterocycles. The van der Waals surface area contributed by atoms with Crippen molar-refractivity contribution >= 4 is 49.8 Å². The fourth-order valence-electron chi connectivity index (χ4n) is 7.47. The normalized spacial score (nSPS) is 15.3. The van der Waals surface area contributed by atoms with Gasteiger partial charge in [0.25, 0.3) is 0 Å². The molecule has 1 unspecified atom stereocenters. The van der Waals surface area contributed by atoms with Crippen molar-refractivity contribution in [3.63, 3.8) is 0 Å². The average Bonchev–Trinajstić information content (AvgIpc) is 3.79. The fourth-order valence-corrected chi connectivity index (χ4v) is 7.47. The van der Waals surface area contributed by atoms with Crippen molar-refractivity contribution in [3.8, 4) is 11.4 Å². The van der Waals surface area contributed by atoms with Gasteiger partial charge in [0.1, 0.15) is 0 Å². The molecule has 4 heteroatoms. The number of hydrogen-bond acceptors (Lipinski definition) is 2. The molecule has 0 radical (unpaired) electrons. The number of nitrogens with zero attached hydrogens (tertiary/aromatic N) is 4. The molecule has 3 aromatic heterocycles. The predicted molar refractivity (Wildman–Crippen MR) is 189 cm³/mol. The molecule has 0 amide bonds. The summed E-state index contributed by atoms with van der Waals surface area (Å²) in [6.07, 6.45) is 7.58. The van der Waals surface area contributed by atoms with Gasteiger partial charge in [-0.3, -0.25) is 0 Å². The Labute approximate surface area is 266 Å². The maximum Gasteiger partial charge on any atom is 0.156 e. The molecule has 0 bridgehead atoms. The van der Waals surface area contributed by atoms with Crippen LogP contribution >= 0.6 is 0 Å². The number of allylic oxidation sites excluding steroid dienone is 1. The lowest BCUT2D eigenvalue weighted by Gasteiger charge is -2.17. The van der Waals surface area contributed by atoms with Gasteiger partial charge < -0.3 is 9.13 Å². The van der Waals surface area contributed by atoms with E-state index in [1.54, 1.807) is 0 Å². The molecule has 4 nitrogen and oxygen atoms in total. The Balaban J connectivity index is 1.22. The Kier molecular flexibility index (Phi) is 5.37. The van der Waals surface area contributed by atoms with E-state index in [9.17, 15) is 0 Å². The molecule has 1 atom stereocenters. The first-order valence-corrected chi connectivity index (χ1v) is 15.8. The third-order valence-corrected chi connectivity index (χ3v) is 9.69. The van der Waals surface area contributed by atoms with E-state index in [4.69, 9.17) is 9.98 Å². The lowest BCUT2D eigenvalue weighted by molar-refractivity contribution is 0.900. The summed E-state index contributed by atoms with van der Waals surface area (Å²) in [6, 6.07) is 48.0. The molecule has 0 N–H and O–H groups in total.